The minimum Gasteiger partial charge on any atom is -0.479 e. The summed E-state index contributed by atoms with van der Waals surface area (Å²) in [6.07, 6.45) is 0.587. The Morgan fingerprint density at radius 2 is 2.04 bits per heavy atom. The normalized spacial score (nSPS) is 19.8. The molecule has 1 aromatic heterocycles. The number of aliphatic carboxylic acids is 1. The summed E-state index contributed by atoms with van der Waals surface area (Å²) >= 11 is 1.55. The number of hydrogen-bond donors (Lipinski definition) is 2. The molecule has 1 aliphatic heterocycles. The van der Waals surface area contributed by atoms with Crippen molar-refractivity contribution in [1.29, 1.82) is 0 Å². The van der Waals surface area contributed by atoms with E-state index < -0.39 is 11.5 Å². The topological polar surface area (TPSA) is 84.2 Å². The predicted octanol–water partition coefficient (Wildman–Crippen LogP) is 2.11. The van der Waals surface area contributed by atoms with Crippen LogP contribution in [-0.4, -0.2) is 43.8 Å². The zero-order valence-corrected chi connectivity index (χ0v) is 15.1. The lowest BCUT2D eigenvalue weighted by Crippen LogP contribution is -2.55. The molecule has 1 atom stereocenters. The van der Waals surface area contributed by atoms with Crippen LogP contribution in [0.15, 0.2) is 30.3 Å². The van der Waals surface area contributed by atoms with Crippen molar-refractivity contribution in [3.05, 3.63) is 47.3 Å². The predicted molar refractivity (Wildman–Crippen MR) is 97.2 cm³/mol. The first-order valence-corrected chi connectivity index (χ1v) is 9.31. The summed E-state index contributed by atoms with van der Waals surface area (Å²) in [4.78, 5) is 24.1. The maximum Gasteiger partial charge on any atom is 0.330 e. The summed E-state index contributed by atoms with van der Waals surface area (Å²) < 4.78 is 1.82. The zero-order chi connectivity index (χ0) is 18.0. The number of amides is 1. The van der Waals surface area contributed by atoms with Crippen LogP contribution in [0.25, 0.3) is 5.69 Å². The number of para-hydroxylation sites is 1. The number of aromatic nitrogens is 2. The molecule has 1 aliphatic rings. The highest BCUT2D eigenvalue weighted by atomic mass is 32.2. The third-order valence-corrected chi connectivity index (χ3v) is 5.78. The second-order valence-electron chi connectivity index (χ2n) is 6.31. The van der Waals surface area contributed by atoms with Gasteiger partial charge in [-0.3, -0.25) is 4.79 Å². The van der Waals surface area contributed by atoms with Gasteiger partial charge in [0.2, 0.25) is 5.91 Å². The molecule has 2 aromatic rings. The van der Waals surface area contributed by atoms with E-state index in [-0.39, 0.29) is 12.3 Å². The van der Waals surface area contributed by atoms with Gasteiger partial charge in [0.25, 0.3) is 0 Å². The number of aryl methyl sites for hydroxylation is 1. The largest absolute Gasteiger partial charge is 0.479 e. The van der Waals surface area contributed by atoms with Gasteiger partial charge in [0.05, 0.1) is 17.8 Å². The molecule has 25 heavy (non-hydrogen) atoms. The van der Waals surface area contributed by atoms with E-state index in [2.05, 4.69) is 10.4 Å². The van der Waals surface area contributed by atoms with E-state index in [1.807, 2.05) is 48.9 Å². The number of rotatable bonds is 5. The first kappa shape index (κ1) is 17.5. The molecular weight excluding hydrogens is 338 g/mol. The summed E-state index contributed by atoms with van der Waals surface area (Å²) in [6.45, 7) is 3.79. The minimum atomic E-state index is -1.14. The Morgan fingerprint density at radius 3 is 2.64 bits per heavy atom. The van der Waals surface area contributed by atoms with E-state index in [4.69, 9.17) is 0 Å². The SMILES string of the molecule is Cc1nn(-c2ccccc2)c(C)c1CC(=O)NC1(C(=O)O)CCSC1. The molecule has 0 saturated carbocycles. The first-order valence-electron chi connectivity index (χ1n) is 8.15. The van der Waals surface area contributed by atoms with Crippen LogP contribution in [-0.2, 0) is 16.0 Å². The molecule has 1 saturated heterocycles. The molecule has 0 radical (unpaired) electrons. The number of carbonyl (C=O) groups excluding carboxylic acids is 1. The van der Waals surface area contributed by atoms with Gasteiger partial charge in [-0.2, -0.15) is 16.9 Å². The number of thioether (sulfide) groups is 1. The van der Waals surface area contributed by atoms with Crippen LogP contribution in [0.5, 0.6) is 0 Å². The molecule has 1 unspecified atom stereocenters. The highest BCUT2D eigenvalue weighted by Crippen LogP contribution is 2.28. The van der Waals surface area contributed by atoms with E-state index in [1.165, 1.54) is 0 Å². The average Bonchev–Trinajstić information content (AvgIpc) is 3.17. The van der Waals surface area contributed by atoms with E-state index in [9.17, 15) is 14.7 Å². The number of nitrogens with zero attached hydrogens (tertiary/aromatic N) is 2. The van der Waals surface area contributed by atoms with Gasteiger partial charge in [0.1, 0.15) is 5.54 Å². The fourth-order valence-electron chi connectivity index (χ4n) is 3.11. The van der Waals surface area contributed by atoms with Crippen LogP contribution in [0.2, 0.25) is 0 Å². The van der Waals surface area contributed by atoms with Crippen molar-refractivity contribution in [2.24, 2.45) is 0 Å². The Kier molecular flexibility index (Phi) is 4.85. The van der Waals surface area contributed by atoms with E-state index in [1.54, 1.807) is 11.8 Å². The second kappa shape index (κ2) is 6.92. The zero-order valence-electron chi connectivity index (χ0n) is 14.3. The van der Waals surface area contributed by atoms with E-state index in [0.29, 0.717) is 12.2 Å². The van der Waals surface area contributed by atoms with Crippen LogP contribution >= 0.6 is 11.8 Å². The fourth-order valence-corrected chi connectivity index (χ4v) is 4.43. The summed E-state index contributed by atoms with van der Waals surface area (Å²) in [7, 11) is 0. The highest BCUT2D eigenvalue weighted by molar-refractivity contribution is 7.99. The number of benzene rings is 1. The number of hydrogen-bond acceptors (Lipinski definition) is 4. The number of carboxylic acids is 1. The molecule has 2 heterocycles. The molecule has 0 aliphatic carbocycles. The molecule has 132 valence electrons. The number of carbonyl (C=O) groups is 2. The fraction of sp³-hybridized carbons (Fsp3) is 0.389. The lowest BCUT2D eigenvalue weighted by Gasteiger charge is -2.24. The lowest BCUT2D eigenvalue weighted by atomic mass is 9.98. The van der Waals surface area contributed by atoms with E-state index in [0.717, 1.165) is 28.4 Å². The second-order valence-corrected chi connectivity index (χ2v) is 7.42. The molecule has 0 spiro atoms. The summed E-state index contributed by atoms with van der Waals surface area (Å²) in [5.41, 5.74) is 2.31. The molecule has 6 nitrogen and oxygen atoms in total. The Labute approximate surface area is 150 Å². The lowest BCUT2D eigenvalue weighted by molar-refractivity contribution is -0.146. The Morgan fingerprint density at radius 1 is 1.32 bits per heavy atom. The monoisotopic (exact) mass is 359 g/mol. The van der Waals surface area contributed by atoms with Crippen LogP contribution < -0.4 is 5.32 Å². The molecule has 7 heteroatoms. The van der Waals surface area contributed by atoms with Crippen LogP contribution in [0.1, 0.15) is 23.4 Å². The van der Waals surface area contributed by atoms with E-state index >= 15 is 0 Å². The molecule has 0 bridgehead atoms. The number of nitrogens with one attached hydrogen (secondary N) is 1. The third kappa shape index (κ3) is 3.42. The quantitative estimate of drug-likeness (QED) is 0.854. The smallest absolute Gasteiger partial charge is 0.330 e. The Hall–Kier alpha value is -2.28. The van der Waals surface area contributed by atoms with Crippen molar-refractivity contribution in [2.75, 3.05) is 11.5 Å². The van der Waals surface area contributed by atoms with Gasteiger partial charge in [-0.15, -0.1) is 0 Å². The third-order valence-electron chi connectivity index (χ3n) is 4.59. The maximum atomic E-state index is 12.5. The first-order chi connectivity index (χ1) is 11.9. The van der Waals surface area contributed by atoms with Gasteiger partial charge in [0, 0.05) is 17.0 Å². The standard InChI is InChI=1S/C18H21N3O3S/c1-12-15(13(2)21(20-12)14-6-4-3-5-7-14)10-16(22)19-18(17(23)24)8-9-25-11-18/h3-7H,8-11H2,1-2H3,(H,19,22)(H,23,24). The summed E-state index contributed by atoms with van der Waals surface area (Å²) in [5, 5.41) is 16.8. The maximum absolute atomic E-state index is 12.5. The Bertz CT molecular complexity index is 795. The minimum absolute atomic E-state index is 0.129. The van der Waals surface area contributed by atoms with Crippen molar-refractivity contribution in [2.45, 2.75) is 32.2 Å². The summed E-state index contributed by atoms with van der Waals surface area (Å²) in [5.74, 6) is -0.0747. The van der Waals surface area contributed by atoms with Crippen molar-refractivity contribution in [3.63, 3.8) is 0 Å². The molecular formula is C18H21N3O3S. The van der Waals surface area contributed by atoms with Crippen LogP contribution in [0, 0.1) is 13.8 Å². The van der Waals surface area contributed by atoms with Crippen molar-refractivity contribution in [1.82, 2.24) is 15.1 Å². The Balaban J connectivity index is 1.80. The highest BCUT2D eigenvalue weighted by Gasteiger charge is 2.43. The van der Waals surface area contributed by atoms with Crippen molar-refractivity contribution >= 4 is 23.6 Å². The van der Waals surface area contributed by atoms with Gasteiger partial charge >= 0.3 is 5.97 Å². The summed E-state index contributed by atoms with van der Waals surface area (Å²) in [6, 6.07) is 9.73. The van der Waals surface area contributed by atoms with Crippen molar-refractivity contribution in [3.8, 4) is 5.69 Å². The molecule has 1 amide bonds. The molecule has 1 fully saturated rings. The molecule has 3 rings (SSSR count). The van der Waals surface area contributed by atoms with Gasteiger partial charge < -0.3 is 10.4 Å². The van der Waals surface area contributed by atoms with Crippen LogP contribution in [0.3, 0.4) is 0 Å². The molecule has 1 aromatic carbocycles. The molecule has 2 N–H and O–H groups in total. The van der Waals surface area contributed by atoms with Gasteiger partial charge in [-0.25, -0.2) is 9.48 Å². The van der Waals surface area contributed by atoms with Crippen LogP contribution in [0.4, 0.5) is 0 Å². The van der Waals surface area contributed by atoms with Crippen molar-refractivity contribution < 1.29 is 14.7 Å². The average molecular weight is 359 g/mol. The van der Waals surface area contributed by atoms with Gasteiger partial charge in [0.15, 0.2) is 0 Å². The van der Waals surface area contributed by atoms with Gasteiger partial charge in [-0.1, -0.05) is 18.2 Å². The van der Waals surface area contributed by atoms with Gasteiger partial charge in [-0.05, 0) is 38.2 Å². The number of carboxylic acid groups (broad SMARTS) is 1.